The first-order chi connectivity index (χ1) is 34.1. The number of benzene rings is 1. The Morgan fingerprint density at radius 3 is 2.20 bits per heavy atom. The van der Waals surface area contributed by atoms with Crippen LogP contribution in [0.1, 0.15) is 106 Å². The number of aromatic nitrogens is 2. The summed E-state index contributed by atoms with van der Waals surface area (Å²) in [4.78, 5) is 85.8. The molecule has 7 N–H and O–H groups in total. The van der Waals surface area contributed by atoms with E-state index in [0.717, 1.165) is 5.56 Å². The Balaban J connectivity index is 1.05. The summed E-state index contributed by atoms with van der Waals surface area (Å²) < 4.78 is 49.2. The van der Waals surface area contributed by atoms with E-state index in [4.69, 9.17) is 39.1 Å². The minimum atomic E-state index is -2.04. The molecule has 0 saturated carbocycles. The number of nitrogens with two attached hydrogens (primary N) is 1. The van der Waals surface area contributed by atoms with Gasteiger partial charge in [-0.3, -0.25) is 24.0 Å². The van der Waals surface area contributed by atoms with Gasteiger partial charge in [-0.25, -0.2) is 14.2 Å². The van der Waals surface area contributed by atoms with E-state index in [0.29, 0.717) is 124 Å². The van der Waals surface area contributed by atoms with Crippen molar-refractivity contribution in [3.05, 3.63) is 61.7 Å². The highest BCUT2D eigenvalue weighted by atomic mass is 19.1. The average Bonchev–Trinajstić information content (AvgIpc) is 3.72. The molecule has 0 radical (unpaired) electrons. The zero-order chi connectivity index (χ0) is 51.2. The summed E-state index contributed by atoms with van der Waals surface area (Å²) in [5.41, 5.74) is 7.01. The monoisotopic (exact) mass is 996 g/mol. The quantitative estimate of drug-likeness (QED) is 0.0336. The number of aryl methyl sites for hydroxylation is 1. The number of nitrogens with one attached hydrogen (secondary N) is 4. The second kappa shape index (κ2) is 25.8. The fourth-order valence-corrected chi connectivity index (χ4v) is 9.23. The molecule has 3 aliphatic rings. The largest absolute Gasteiger partial charge is 0.458 e. The van der Waals surface area contributed by atoms with E-state index < -0.39 is 71.2 Å². The molecule has 2 aromatic heterocycles. The molecule has 21 heteroatoms. The molecule has 0 spiro atoms. The minimum absolute atomic E-state index is 0.0104. The predicted molar refractivity (Wildman–Crippen MR) is 257 cm³/mol. The number of halogens is 1. The van der Waals surface area contributed by atoms with Gasteiger partial charge in [0.15, 0.2) is 5.60 Å². The van der Waals surface area contributed by atoms with Crippen LogP contribution in [0.4, 0.5) is 4.39 Å². The Labute approximate surface area is 412 Å². The number of hydrogen-bond donors (Lipinski definition) is 6. The van der Waals surface area contributed by atoms with Gasteiger partial charge in [0.2, 0.25) is 23.6 Å². The van der Waals surface area contributed by atoms with Crippen LogP contribution in [0.25, 0.3) is 22.3 Å². The van der Waals surface area contributed by atoms with Crippen molar-refractivity contribution in [1.29, 1.82) is 0 Å². The van der Waals surface area contributed by atoms with E-state index in [1.165, 1.54) is 10.6 Å². The Bertz CT molecular complexity index is 2470. The van der Waals surface area contributed by atoms with Crippen LogP contribution in [0.15, 0.2) is 16.9 Å². The molecule has 2 aliphatic heterocycles. The Hall–Kier alpha value is -5.42. The van der Waals surface area contributed by atoms with Crippen molar-refractivity contribution in [2.45, 2.75) is 116 Å². The zero-order valence-electron chi connectivity index (χ0n) is 41.5. The summed E-state index contributed by atoms with van der Waals surface area (Å²) in [6, 6.07) is 0.243. The summed E-state index contributed by atoms with van der Waals surface area (Å²) in [5, 5.41) is 23.3. The van der Waals surface area contributed by atoms with Crippen LogP contribution in [0.5, 0.6) is 0 Å². The lowest BCUT2D eigenvalue weighted by Gasteiger charge is -2.31. The van der Waals surface area contributed by atoms with Gasteiger partial charge in [0, 0.05) is 35.6 Å². The lowest BCUT2D eigenvalue weighted by molar-refractivity contribution is -0.172. The third-order valence-electron chi connectivity index (χ3n) is 13.1. The standard InChI is InChI=1S/C50H70FN7O13/c1-6-50(65)34-24-39-45-32(27-58(39)48(63)33(34)28-71-49(50)64)43-36(12-11-31-30(5)35(51)25-38(55-45)42(31)43)54-41(60)26-53-46(61)37(10-8-9-14-52)56-47(62)44(29(3)4)57-40(59)13-15-67-18-19-69-22-23-70-21-20-68-17-16-66-7-2/h24-25,29,36-37,44,65H,6-23,26-28,52H2,1-5H3,(H,53,61)(H,54,60)(H,56,62)(H,57,59)/t36-,37-,44-,50-/m0/s1. The fourth-order valence-electron chi connectivity index (χ4n) is 9.23. The first kappa shape index (κ1) is 54.9. The molecule has 1 aliphatic carbocycles. The molecule has 4 heterocycles. The molecule has 4 amide bonds. The summed E-state index contributed by atoms with van der Waals surface area (Å²) in [5.74, 6) is -3.78. The van der Waals surface area contributed by atoms with E-state index in [1.54, 1.807) is 33.8 Å². The number of amides is 4. The van der Waals surface area contributed by atoms with Gasteiger partial charge < -0.3 is 65.1 Å². The van der Waals surface area contributed by atoms with E-state index in [-0.39, 0.29) is 62.7 Å². The topological polar surface area (TPSA) is 270 Å². The number of nitrogens with zero attached hydrogens (tertiary/aromatic N) is 2. The molecule has 3 aromatic rings. The SMILES string of the molecule is CCOCCOCCOCCOCCOCCC(=O)N[C@H](C(=O)N[C@@H](CCCCN)C(=O)NCC(=O)N[C@H]1CCc2c(C)c(F)cc3nc4c(c1c23)Cn1c-4cc2c(c1=O)COC(=O)[C@]2(O)CC)C(C)C. The number of fused-ring (bicyclic) bond motifs is 5. The van der Waals surface area contributed by atoms with Gasteiger partial charge in [0.05, 0.1) is 101 Å². The lowest BCUT2D eigenvalue weighted by atomic mass is 9.81. The maximum Gasteiger partial charge on any atom is 0.343 e. The van der Waals surface area contributed by atoms with Crippen molar-refractivity contribution in [1.82, 2.24) is 30.8 Å². The normalized spacial score (nSPS) is 17.5. The Morgan fingerprint density at radius 2 is 1.56 bits per heavy atom. The number of ether oxygens (including phenoxy) is 6. The van der Waals surface area contributed by atoms with E-state index in [2.05, 4.69) is 21.3 Å². The Morgan fingerprint density at radius 1 is 0.901 bits per heavy atom. The van der Waals surface area contributed by atoms with Crippen LogP contribution in [0, 0.1) is 18.7 Å². The van der Waals surface area contributed by atoms with Gasteiger partial charge in [-0.2, -0.15) is 0 Å². The molecule has 0 unspecified atom stereocenters. The van der Waals surface area contributed by atoms with Crippen LogP contribution in [-0.4, -0.2) is 135 Å². The van der Waals surface area contributed by atoms with Crippen LogP contribution < -0.4 is 32.6 Å². The molecule has 0 bridgehead atoms. The van der Waals surface area contributed by atoms with Gasteiger partial charge in [0.1, 0.15) is 24.5 Å². The molecule has 71 heavy (non-hydrogen) atoms. The maximum atomic E-state index is 15.4. The number of rotatable bonds is 29. The molecule has 390 valence electrons. The summed E-state index contributed by atoms with van der Waals surface area (Å²) in [6.07, 6.45) is 2.02. The molecular formula is C50H70FN7O13. The number of aliphatic hydroxyl groups is 1. The molecule has 1 aromatic carbocycles. The number of esters is 1. The Kier molecular flexibility index (Phi) is 20.0. The molecule has 0 saturated heterocycles. The second-order valence-electron chi connectivity index (χ2n) is 18.2. The van der Waals surface area contributed by atoms with Gasteiger partial charge in [0.25, 0.3) is 5.56 Å². The van der Waals surface area contributed by atoms with Crippen molar-refractivity contribution in [3.63, 3.8) is 0 Å². The van der Waals surface area contributed by atoms with Crippen molar-refractivity contribution in [3.8, 4) is 11.4 Å². The van der Waals surface area contributed by atoms with Gasteiger partial charge >= 0.3 is 5.97 Å². The van der Waals surface area contributed by atoms with E-state index in [1.807, 2.05) is 6.92 Å². The van der Waals surface area contributed by atoms with E-state index in [9.17, 15) is 33.9 Å². The third-order valence-corrected chi connectivity index (χ3v) is 13.1. The van der Waals surface area contributed by atoms with Crippen molar-refractivity contribution >= 4 is 40.5 Å². The van der Waals surface area contributed by atoms with Gasteiger partial charge in [-0.1, -0.05) is 20.8 Å². The van der Waals surface area contributed by atoms with Gasteiger partial charge in [-0.05, 0) is 87.6 Å². The van der Waals surface area contributed by atoms with Crippen molar-refractivity contribution < 1.29 is 61.9 Å². The molecular weight excluding hydrogens is 926 g/mol. The number of unbranched alkanes of at least 4 members (excludes halogenated alkanes) is 1. The third kappa shape index (κ3) is 13.2. The van der Waals surface area contributed by atoms with Crippen LogP contribution >= 0.6 is 0 Å². The van der Waals surface area contributed by atoms with Crippen LogP contribution in [0.3, 0.4) is 0 Å². The van der Waals surface area contributed by atoms with Crippen LogP contribution in [0.2, 0.25) is 0 Å². The molecule has 6 rings (SSSR count). The van der Waals surface area contributed by atoms with Crippen molar-refractivity contribution in [2.24, 2.45) is 11.7 Å². The number of pyridine rings is 2. The lowest BCUT2D eigenvalue weighted by Crippen LogP contribution is -2.56. The van der Waals surface area contributed by atoms with Crippen LogP contribution in [-0.2, 0) is 77.6 Å². The summed E-state index contributed by atoms with van der Waals surface area (Å²) >= 11 is 0. The zero-order valence-corrected chi connectivity index (χ0v) is 41.5. The highest BCUT2D eigenvalue weighted by molar-refractivity contribution is 5.95. The number of carbonyl (C=O) groups is 5. The number of carbonyl (C=O) groups excluding carboxylic acids is 5. The summed E-state index contributed by atoms with van der Waals surface area (Å²) in [6.45, 7) is 12.5. The van der Waals surface area contributed by atoms with Gasteiger partial charge in [-0.15, -0.1) is 0 Å². The smallest absolute Gasteiger partial charge is 0.343 e. The average molecular weight is 996 g/mol. The highest BCUT2D eigenvalue weighted by Gasteiger charge is 2.46. The number of cyclic esters (lactones) is 1. The van der Waals surface area contributed by atoms with Crippen molar-refractivity contribution in [2.75, 3.05) is 79.2 Å². The minimum Gasteiger partial charge on any atom is -0.458 e. The maximum absolute atomic E-state index is 15.4. The van der Waals surface area contributed by atoms with E-state index >= 15 is 4.39 Å². The highest BCUT2D eigenvalue weighted by Crippen LogP contribution is 2.46. The molecule has 20 nitrogen and oxygen atoms in total. The predicted octanol–water partition coefficient (Wildman–Crippen LogP) is 1.99. The summed E-state index contributed by atoms with van der Waals surface area (Å²) in [7, 11) is 0. The molecule has 0 fully saturated rings. The fraction of sp³-hybridized carbons (Fsp3) is 0.620. The first-order valence-corrected chi connectivity index (χ1v) is 24.7. The first-order valence-electron chi connectivity index (χ1n) is 24.7. The second-order valence-corrected chi connectivity index (χ2v) is 18.2. The number of hydrogen-bond acceptors (Lipinski definition) is 15. The molecule has 4 atom stereocenters.